The van der Waals surface area contributed by atoms with Crippen LogP contribution in [0.15, 0.2) is 54.6 Å². The van der Waals surface area contributed by atoms with Crippen LogP contribution in [0.3, 0.4) is 0 Å². The summed E-state index contributed by atoms with van der Waals surface area (Å²) in [5.74, 6) is -2.31. The van der Waals surface area contributed by atoms with Crippen LogP contribution in [0.1, 0.15) is 25.8 Å². The molecule has 0 saturated carbocycles. The Labute approximate surface area is 253 Å². The van der Waals surface area contributed by atoms with Gasteiger partial charge in [-0.3, -0.25) is 19.3 Å². The van der Waals surface area contributed by atoms with Crippen molar-refractivity contribution in [1.82, 2.24) is 19.6 Å². The SMILES string of the molecule is CC[C@H](C)[C@H](CO)N1C(=O)[C@@H]2[C@H]3C(=O)N(Cc4ccccc4)CC=C[C@H]3O[C@@]23C=CCN(CCN2CCOCC2)C(=O)C13. The van der Waals surface area contributed by atoms with Gasteiger partial charge in [-0.15, -0.1) is 0 Å². The fourth-order valence-electron chi connectivity index (χ4n) is 7.58. The number of hydrogen-bond donors (Lipinski definition) is 1. The van der Waals surface area contributed by atoms with Gasteiger partial charge in [-0.25, -0.2) is 0 Å². The summed E-state index contributed by atoms with van der Waals surface area (Å²) in [4.78, 5) is 50.9. The number of fused-ring (bicyclic) bond motifs is 2. The van der Waals surface area contributed by atoms with Crippen molar-refractivity contribution < 1.29 is 29.0 Å². The average molecular weight is 593 g/mol. The Morgan fingerprint density at radius 2 is 1.72 bits per heavy atom. The lowest BCUT2D eigenvalue weighted by molar-refractivity contribution is -0.152. The molecule has 5 aliphatic heterocycles. The number of rotatable bonds is 9. The van der Waals surface area contributed by atoms with Gasteiger partial charge in [0.1, 0.15) is 11.6 Å². The first-order chi connectivity index (χ1) is 20.9. The van der Waals surface area contributed by atoms with E-state index in [4.69, 9.17) is 9.47 Å². The van der Waals surface area contributed by atoms with Crippen molar-refractivity contribution in [1.29, 1.82) is 0 Å². The zero-order valence-electron chi connectivity index (χ0n) is 25.2. The molecule has 0 aromatic heterocycles. The minimum Gasteiger partial charge on any atom is -0.394 e. The maximum absolute atomic E-state index is 14.6. The molecule has 3 fully saturated rings. The van der Waals surface area contributed by atoms with Gasteiger partial charge in [-0.05, 0) is 11.5 Å². The average Bonchev–Trinajstić information content (AvgIpc) is 3.35. The fourth-order valence-corrected chi connectivity index (χ4v) is 7.58. The van der Waals surface area contributed by atoms with E-state index < -0.39 is 35.6 Å². The molecule has 1 N–H and O–H groups in total. The lowest BCUT2D eigenvalue weighted by Gasteiger charge is -2.40. The van der Waals surface area contributed by atoms with E-state index in [9.17, 15) is 19.5 Å². The zero-order chi connectivity index (χ0) is 30.1. The molecule has 5 heterocycles. The van der Waals surface area contributed by atoms with Gasteiger partial charge in [-0.1, -0.05) is 74.9 Å². The molecule has 0 bridgehead atoms. The van der Waals surface area contributed by atoms with E-state index in [-0.39, 0.29) is 30.2 Å². The van der Waals surface area contributed by atoms with Crippen molar-refractivity contribution in [3.8, 4) is 0 Å². The van der Waals surface area contributed by atoms with Crippen LogP contribution in [0.25, 0.3) is 0 Å². The lowest BCUT2D eigenvalue weighted by Crippen LogP contribution is -2.59. The van der Waals surface area contributed by atoms with Crippen LogP contribution < -0.4 is 0 Å². The Morgan fingerprint density at radius 3 is 2.44 bits per heavy atom. The number of carbonyl (C=O) groups is 3. The minimum atomic E-state index is -1.30. The van der Waals surface area contributed by atoms with Gasteiger partial charge in [0, 0.05) is 45.8 Å². The molecular formula is C33H44N4O6. The summed E-state index contributed by atoms with van der Waals surface area (Å²) in [5.41, 5.74) is -0.292. The molecular weight excluding hydrogens is 548 g/mol. The first kappa shape index (κ1) is 30.0. The largest absolute Gasteiger partial charge is 0.394 e. The van der Waals surface area contributed by atoms with Gasteiger partial charge in [0.05, 0.1) is 43.8 Å². The molecule has 3 saturated heterocycles. The van der Waals surface area contributed by atoms with Gasteiger partial charge < -0.3 is 29.3 Å². The lowest BCUT2D eigenvalue weighted by atomic mass is 9.77. The second kappa shape index (κ2) is 12.5. The van der Waals surface area contributed by atoms with Crippen LogP contribution in [0.4, 0.5) is 0 Å². The monoisotopic (exact) mass is 592 g/mol. The molecule has 1 spiro atoms. The Hall–Kier alpha value is -3.05. The third kappa shape index (κ3) is 5.32. The topological polar surface area (TPSA) is 103 Å². The normalized spacial score (nSPS) is 32.3. The van der Waals surface area contributed by atoms with Crippen molar-refractivity contribution in [3.05, 3.63) is 60.2 Å². The molecule has 7 atom stereocenters. The molecule has 6 rings (SSSR count). The number of morpholine rings is 1. The van der Waals surface area contributed by atoms with E-state index in [0.29, 0.717) is 45.9 Å². The maximum Gasteiger partial charge on any atom is 0.249 e. The Balaban J connectivity index is 1.35. The second-order valence-corrected chi connectivity index (χ2v) is 12.5. The first-order valence-corrected chi connectivity index (χ1v) is 15.8. The van der Waals surface area contributed by atoms with E-state index in [1.165, 1.54) is 0 Å². The first-order valence-electron chi connectivity index (χ1n) is 15.8. The minimum absolute atomic E-state index is 0.0539. The van der Waals surface area contributed by atoms with Crippen LogP contribution in [0.5, 0.6) is 0 Å². The van der Waals surface area contributed by atoms with Gasteiger partial charge in [0.15, 0.2) is 0 Å². The Bertz CT molecular complexity index is 1250. The quantitative estimate of drug-likeness (QED) is 0.432. The smallest absolute Gasteiger partial charge is 0.249 e. The number of carbonyl (C=O) groups excluding carboxylic acids is 3. The number of hydrogen-bond acceptors (Lipinski definition) is 7. The number of amides is 3. The van der Waals surface area contributed by atoms with Crippen LogP contribution >= 0.6 is 0 Å². The summed E-state index contributed by atoms with van der Waals surface area (Å²) in [5, 5.41) is 10.6. The van der Waals surface area contributed by atoms with E-state index in [2.05, 4.69) is 4.90 Å². The molecule has 1 aromatic rings. The highest BCUT2D eigenvalue weighted by Gasteiger charge is 2.72. The summed E-state index contributed by atoms with van der Waals surface area (Å²) >= 11 is 0. The highest BCUT2D eigenvalue weighted by atomic mass is 16.5. The molecule has 0 aliphatic carbocycles. The fraction of sp³-hybridized carbons (Fsp3) is 0.606. The van der Waals surface area contributed by atoms with Gasteiger partial charge in [-0.2, -0.15) is 0 Å². The third-order valence-corrected chi connectivity index (χ3v) is 10.1. The summed E-state index contributed by atoms with van der Waals surface area (Å²) < 4.78 is 12.3. The van der Waals surface area contributed by atoms with Crippen molar-refractivity contribution in [2.75, 3.05) is 59.1 Å². The number of aliphatic hydroxyl groups is 1. The molecule has 0 radical (unpaired) electrons. The van der Waals surface area contributed by atoms with E-state index in [1.807, 2.05) is 68.5 Å². The standard InChI is InChI=1S/C33H44N4O6/c1-3-23(2)25(22-38)37-29-32(41)35(16-15-34-17-19-42-20-18-34)14-8-12-33(29)28(31(37)40)27-26(43-33)11-7-13-36(30(27)39)21-24-9-5-4-6-10-24/h4-12,23,25-29,38H,3,13-22H2,1-2H3/t23-,25-,26+,27-,28-,29?,33-/m0/s1. The second-order valence-electron chi connectivity index (χ2n) is 12.5. The van der Waals surface area contributed by atoms with E-state index in [1.54, 1.807) is 14.7 Å². The number of nitrogens with zero attached hydrogens (tertiary/aromatic N) is 4. The number of ether oxygens (including phenoxy) is 2. The molecule has 10 heteroatoms. The van der Waals surface area contributed by atoms with Crippen LogP contribution in [0, 0.1) is 17.8 Å². The zero-order valence-corrected chi connectivity index (χ0v) is 25.2. The highest BCUT2D eigenvalue weighted by Crippen LogP contribution is 2.54. The Kier molecular flexibility index (Phi) is 8.73. The van der Waals surface area contributed by atoms with Gasteiger partial charge in [0.2, 0.25) is 17.7 Å². The molecule has 3 amide bonds. The van der Waals surface area contributed by atoms with E-state index >= 15 is 0 Å². The summed E-state index contributed by atoms with van der Waals surface area (Å²) in [7, 11) is 0. The maximum atomic E-state index is 14.6. The van der Waals surface area contributed by atoms with Crippen molar-refractivity contribution in [3.63, 3.8) is 0 Å². The number of benzene rings is 1. The number of likely N-dealkylation sites (tertiary alicyclic amines) is 1. The van der Waals surface area contributed by atoms with Crippen molar-refractivity contribution >= 4 is 17.7 Å². The molecule has 232 valence electrons. The summed E-state index contributed by atoms with van der Waals surface area (Å²) in [6.07, 6.45) is 7.75. The van der Waals surface area contributed by atoms with Gasteiger partial charge in [0.25, 0.3) is 0 Å². The predicted molar refractivity (Wildman–Crippen MR) is 160 cm³/mol. The molecule has 1 aromatic carbocycles. The third-order valence-electron chi connectivity index (χ3n) is 10.1. The van der Waals surface area contributed by atoms with Crippen molar-refractivity contribution in [2.24, 2.45) is 17.8 Å². The molecule has 5 aliphatic rings. The Morgan fingerprint density at radius 1 is 0.977 bits per heavy atom. The summed E-state index contributed by atoms with van der Waals surface area (Å²) in [6.45, 7) is 9.17. The molecule has 1 unspecified atom stereocenters. The van der Waals surface area contributed by atoms with E-state index in [0.717, 1.165) is 25.1 Å². The summed E-state index contributed by atoms with van der Waals surface area (Å²) in [6, 6.07) is 8.28. The predicted octanol–water partition coefficient (Wildman–Crippen LogP) is 1.30. The van der Waals surface area contributed by atoms with Crippen LogP contribution in [-0.4, -0.2) is 125 Å². The number of aliphatic hydroxyl groups excluding tert-OH is 1. The van der Waals surface area contributed by atoms with Crippen molar-refractivity contribution in [2.45, 2.75) is 50.6 Å². The highest BCUT2D eigenvalue weighted by molar-refractivity contribution is 6.00. The molecule has 10 nitrogen and oxygen atoms in total. The molecule has 43 heavy (non-hydrogen) atoms. The van der Waals surface area contributed by atoms with Crippen LogP contribution in [0.2, 0.25) is 0 Å². The van der Waals surface area contributed by atoms with Gasteiger partial charge >= 0.3 is 0 Å². The van der Waals surface area contributed by atoms with Crippen LogP contribution in [-0.2, 0) is 30.4 Å².